The largest absolute Gasteiger partial charge is 0.872 e. The number of nitrogens with one attached hydrogen (secondary N) is 1. The summed E-state index contributed by atoms with van der Waals surface area (Å²) >= 11 is 0. The Labute approximate surface area is 138 Å². The number of sulfonamides is 1. The monoisotopic (exact) mass is 342 g/mol. The molecule has 0 unspecified atom stereocenters. The molecule has 122 valence electrons. The molecule has 0 aromatic heterocycles. The second-order valence-electron chi connectivity index (χ2n) is 5.10. The maximum atomic E-state index is 12.5. The number of hydrogen-bond donors (Lipinski definition) is 2. The zero-order chi connectivity index (χ0) is 17.3. The minimum absolute atomic E-state index is 0.285. The van der Waals surface area contributed by atoms with Gasteiger partial charge in [0.25, 0.3) is 10.0 Å². The minimum Gasteiger partial charge on any atom is -0.872 e. The van der Waals surface area contributed by atoms with Crippen molar-refractivity contribution in [3.05, 3.63) is 66.2 Å². The Morgan fingerprint density at radius 1 is 1.00 bits per heavy atom. The Kier molecular flexibility index (Phi) is 3.86. The van der Waals surface area contributed by atoms with Crippen molar-refractivity contribution < 1.29 is 23.4 Å². The normalized spacial score (nSPS) is 11.3. The van der Waals surface area contributed by atoms with Gasteiger partial charge in [0.05, 0.1) is 16.1 Å². The van der Waals surface area contributed by atoms with E-state index in [4.69, 9.17) is 5.11 Å². The predicted molar refractivity (Wildman–Crippen MR) is 87.6 cm³/mol. The summed E-state index contributed by atoms with van der Waals surface area (Å²) < 4.78 is 27.5. The van der Waals surface area contributed by atoms with Crippen LogP contribution >= 0.6 is 0 Å². The fraction of sp³-hybridized carbons (Fsp3) is 0. The molecule has 0 heterocycles. The van der Waals surface area contributed by atoms with Crippen molar-refractivity contribution in [1.82, 2.24) is 0 Å². The van der Waals surface area contributed by atoms with E-state index in [0.717, 1.165) is 23.6 Å². The van der Waals surface area contributed by atoms with E-state index in [0.29, 0.717) is 11.1 Å². The molecule has 3 aromatic rings. The fourth-order valence-corrected chi connectivity index (χ4v) is 3.47. The molecule has 0 saturated heterocycles. The maximum Gasteiger partial charge on any atom is 0.335 e. The minimum atomic E-state index is -4.03. The molecular formula is C17H12NO5S-. The lowest BCUT2D eigenvalue weighted by atomic mass is 10.1. The molecule has 2 N–H and O–H groups in total. The number of carbonyl (C=O) groups is 1. The van der Waals surface area contributed by atoms with Gasteiger partial charge in [0.2, 0.25) is 0 Å². The zero-order valence-corrected chi connectivity index (χ0v) is 13.1. The number of aromatic carboxylic acids is 1. The van der Waals surface area contributed by atoms with Gasteiger partial charge in [0.15, 0.2) is 0 Å². The van der Waals surface area contributed by atoms with Gasteiger partial charge in [-0.25, -0.2) is 13.2 Å². The summed E-state index contributed by atoms with van der Waals surface area (Å²) in [5.41, 5.74) is -0.216. The molecule has 7 heteroatoms. The van der Waals surface area contributed by atoms with Gasteiger partial charge >= 0.3 is 5.97 Å². The van der Waals surface area contributed by atoms with Gasteiger partial charge in [-0.1, -0.05) is 48.2 Å². The number of hydrogen-bond acceptors (Lipinski definition) is 4. The van der Waals surface area contributed by atoms with Crippen molar-refractivity contribution in [2.45, 2.75) is 4.90 Å². The molecule has 0 bridgehead atoms. The first-order valence-electron chi connectivity index (χ1n) is 6.93. The highest BCUT2D eigenvalue weighted by molar-refractivity contribution is 7.92. The molecule has 0 atom stereocenters. The second kappa shape index (κ2) is 5.86. The third-order valence-electron chi connectivity index (χ3n) is 3.53. The van der Waals surface area contributed by atoms with Gasteiger partial charge in [0.1, 0.15) is 0 Å². The number of rotatable bonds is 4. The van der Waals surface area contributed by atoms with Crippen molar-refractivity contribution in [3.8, 4) is 5.75 Å². The predicted octanol–water partition coefficient (Wildman–Crippen LogP) is 2.41. The Hall–Kier alpha value is -3.06. The first-order valence-corrected chi connectivity index (χ1v) is 8.42. The van der Waals surface area contributed by atoms with Crippen LogP contribution in [0.1, 0.15) is 10.4 Å². The molecule has 0 amide bonds. The highest BCUT2D eigenvalue weighted by atomic mass is 32.2. The number of benzene rings is 3. The van der Waals surface area contributed by atoms with Crippen LogP contribution in [0.4, 0.5) is 5.69 Å². The molecule has 0 aliphatic carbocycles. The van der Waals surface area contributed by atoms with Crippen LogP contribution in [0.5, 0.6) is 5.75 Å². The second-order valence-corrected chi connectivity index (χ2v) is 6.78. The molecule has 0 fully saturated rings. The number of anilines is 1. The summed E-state index contributed by atoms with van der Waals surface area (Å²) in [6, 6.07) is 15.3. The summed E-state index contributed by atoms with van der Waals surface area (Å²) in [7, 11) is -4.03. The topological polar surface area (TPSA) is 107 Å². The van der Waals surface area contributed by atoms with Gasteiger partial charge in [-0.05, 0) is 23.6 Å². The van der Waals surface area contributed by atoms with Crippen LogP contribution < -0.4 is 9.83 Å². The molecule has 3 aromatic carbocycles. The van der Waals surface area contributed by atoms with Crippen molar-refractivity contribution in [2.24, 2.45) is 0 Å². The SMILES string of the molecule is O=C(O)c1cc(S(=O)(=O)Nc2cccc3ccccc23)ccc1[O-]. The van der Waals surface area contributed by atoms with Crippen molar-refractivity contribution >= 4 is 32.5 Å². The van der Waals surface area contributed by atoms with Crippen LogP contribution in [-0.4, -0.2) is 19.5 Å². The molecule has 0 aliphatic heterocycles. The van der Waals surface area contributed by atoms with E-state index < -0.39 is 27.3 Å². The van der Waals surface area contributed by atoms with Crippen molar-refractivity contribution in [3.63, 3.8) is 0 Å². The first-order chi connectivity index (χ1) is 11.4. The van der Waals surface area contributed by atoms with E-state index in [-0.39, 0.29) is 4.90 Å². The number of fused-ring (bicyclic) bond motifs is 1. The average molecular weight is 342 g/mol. The Morgan fingerprint density at radius 2 is 1.71 bits per heavy atom. The Balaban J connectivity index is 2.05. The lowest BCUT2D eigenvalue weighted by Crippen LogP contribution is -2.15. The van der Waals surface area contributed by atoms with Crippen LogP contribution in [0.25, 0.3) is 10.8 Å². The summed E-state index contributed by atoms with van der Waals surface area (Å²) in [6.07, 6.45) is 0. The zero-order valence-electron chi connectivity index (χ0n) is 12.3. The lowest BCUT2D eigenvalue weighted by Gasteiger charge is -2.14. The van der Waals surface area contributed by atoms with Crippen LogP contribution in [0.15, 0.2) is 65.6 Å². The average Bonchev–Trinajstić information content (AvgIpc) is 2.55. The summed E-state index contributed by atoms with van der Waals surface area (Å²) in [5.74, 6) is -2.21. The number of carboxylic acids is 1. The summed E-state index contributed by atoms with van der Waals surface area (Å²) in [6.45, 7) is 0. The molecule has 0 radical (unpaired) electrons. The van der Waals surface area contributed by atoms with Crippen molar-refractivity contribution in [1.29, 1.82) is 0 Å². The van der Waals surface area contributed by atoms with Gasteiger partial charge in [0, 0.05) is 5.39 Å². The molecule has 0 aliphatic rings. The van der Waals surface area contributed by atoms with Gasteiger partial charge in [-0.2, -0.15) is 0 Å². The fourth-order valence-electron chi connectivity index (χ4n) is 2.36. The molecular weight excluding hydrogens is 330 g/mol. The van der Waals surface area contributed by atoms with E-state index in [2.05, 4.69) is 4.72 Å². The van der Waals surface area contributed by atoms with Crippen molar-refractivity contribution in [2.75, 3.05) is 4.72 Å². The van der Waals surface area contributed by atoms with Crippen LogP contribution in [-0.2, 0) is 10.0 Å². The van der Waals surface area contributed by atoms with E-state index in [1.165, 1.54) is 0 Å². The lowest BCUT2D eigenvalue weighted by molar-refractivity contribution is -0.268. The van der Waals surface area contributed by atoms with Gasteiger partial charge in [-0.3, -0.25) is 4.72 Å². The van der Waals surface area contributed by atoms with E-state index in [1.54, 1.807) is 24.3 Å². The molecule has 24 heavy (non-hydrogen) atoms. The standard InChI is InChI=1S/C17H13NO5S/c19-16-9-8-12(10-14(16)17(20)21)24(22,23)18-15-7-3-5-11-4-1-2-6-13(11)15/h1-10,18-19H,(H,20,21)/p-1. The van der Waals surface area contributed by atoms with Crippen LogP contribution in [0, 0.1) is 0 Å². The highest BCUT2D eigenvalue weighted by Crippen LogP contribution is 2.26. The smallest absolute Gasteiger partial charge is 0.335 e. The van der Waals surface area contributed by atoms with E-state index in [1.807, 2.05) is 18.2 Å². The Bertz CT molecular complexity index is 1040. The van der Waals surface area contributed by atoms with Gasteiger partial charge in [-0.15, -0.1) is 0 Å². The van der Waals surface area contributed by atoms with Crippen LogP contribution in [0.3, 0.4) is 0 Å². The quantitative estimate of drug-likeness (QED) is 0.757. The molecule has 0 spiro atoms. The summed E-state index contributed by atoms with van der Waals surface area (Å²) in [5, 5.41) is 22.0. The van der Waals surface area contributed by atoms with E-state index >= 15 is 0 Å². The van der Waals surface area contributed by atoms with E-state index in [9.17, 15) is 18.3 Å². The summed E-state index contributed by atoms with van der Waals surface area (Å²) in [4.78, 5) is 10.7. The maximum absolute atomic E-state index is 12.5. The van der Waals surface area contributed by atoms with Crippen LogP contribution in [0.2, 0.25) is 0 Å². The molecule has 3 rings (SSSR count). The highest BCUT2D eigenvalue weighted by Gasteiger charge is 2.17. The third-order valence-corrected chi connectivity index (χ3v) is 4.89. The Morgan fingerprint density at radius 3 is 2.46 bits per heavy atom. The molecule has 0 saturated carbocycles. The molecule has 6 nitrogen and oxygen atoms in total. The van der Waals surface area contributed by atoms with Gasteiger partial charge < -0.3 is 10.2 Å². The third kappa shape index (κ3) is 2.89. The number of carboxylic acid groups (broad SMARTS) is 1. The first kappa shape index (κ1) is 15.8.